The maximum atomic E-state index is 13.4. The number of carbonyl (C=O) groups is 2. The largest absolute Gasteiger partial charge is 0.474 e. The van der Waals surface area contributed by atoms with Crippen LogP contribution in [0.2, 0.25) is 0 Å². The molecule has 9 heteroatoms. The third kappa shape index (κ3) is 4.86. The quantitative estimate of drug-likeness (QED) is 0.692. The fraction of sp³-hybridized carbons (Fsp3) is 0.435. The van der Waals surface area contributed by atoms with Gasteiger partial charge in [0.25, 0.3) is 5.91 Å². The summed E-state index contributed by atoms with van der Waals surface area (Å²) in [5.41, 5.74) is 2.14. The summed E-state index contributed by atoms with van der Waals surface area (Å²) in [5.74, 6) is -0.868. The molecule has 0 saturated carbocycles. The molecule has 1 unspecified atom stereocenters. The number of rotatable bonds is 5. The lowest BCUT2D eigenvalue weighted by Crippen LogP contribution is -2.46. The monoisotopic (exact) mass is 461 g/mol. The van der Waals surface area contributed by atoms with E-state index in [1.807, 2.05) is 6.92 Å². The third-order valence-electron chi connectivity index (χ3n) is 5.67. The van der Waals surface area contributed by atoms with Crippen LogP contribution in [0.3, 0.4) is 0 Å². The summed E-state index contributed by atoms with van der Waals surface area (Å²) in [6.45, 7) is 3.31. The van der Waals surface area contributed by atoms with E-state index in [0.29, 0.717) is 30.9 Å². The van der Waals surface area contributed by atoms with Gasteiger partial charge in [0.15, 0.2) is 0 Å². The summed E-state index contributed by atoms with van der Waals surface area (Å²) in [5, 5.41) is 3.03. The highest BCUT2D eigenvalue weighted by molar-refractivity contribution is 6.29. The molecule has 7 nitrogen and oxygen atoms in total. The van der Waals surface area contributed by atoms with Crippen molar-refractivity contribution in [2.24, 2.45) is 0 Å². The lowest BCUT2D eigenvalue weighted by Gasteiger charge is -2.34. The van der Waals surface area contributed by atoms with Gasteiger partial charge < -0.3 is 19.7 Å². The Hall–Kier alpha value is -2.71. The van der Waals surface area contributed by atoms with Crippen molar-refractivity contribution in [3.63, 3.8) is 0 Å². The molecule has 2 aliphatic heterocycles. The van der Waals surface area contributed by atoms with Crippen molar-refractivity contribution in [2.45, 2.75) is 38.3 Å². The van der Waals surface area contributed by atoms with Crippen LogP contribution in [0, 0.1) is 5.82 Å². The van der Waals surface area contributed by atoms with E-state index in [1.165, 1.54) is 12.1 Å². The minimum atomic E-state index is -0.337. The van der Waals surface area contributed by atoms with Crippen molar-refractivity contribution in [1.29, 1.82) is 0 Å². The van der Waals surface area contributed by atoms with Crippen molar-refractivity contribution in [3.8, 4) is 5.88 Å². The van der Waals surface area contributed by atoms with E-state index < -0.39 is 0 Å². The highest BCUT2D eigenvalue weighted by Crippen LogP contribution is 2.35. The minimum Gasteiger partial charge on any atom is -0.474 e. The summed E-state index contributed by atoms with van der Waals surface area (Å²) in [4.78, 5) is 31.8. The van der Waals surface area contributed by atoms with E-state index in [2.05, 4.69) is 10.3 Å². The lowest BCUT2D eigenvalue weighted by molar-refractivity contribution is -0.117. The van der Waals surface area contributed by atoms with Gasteiger partial charge >= 0.3 is 0 Å². The molecule has 1 N–H and O–H groups in total. The fourth-order valence-electron chi connectivity index (χ4n) is 4.01. The molecule has 1 atom stereocenters. The molecule has 0 radical (unpaired) electrons. The average Bonchev–Trinajstić information content (AvgIpc) is 2.80. The second kappa shape index (κ2) is 9.83. The highest BCUT2D eigenvalue weighted by Gasteiger charge is 2.32. The standard InChI is InChI=1S/C23H25ClFN3O4/c1-14-13-32-23-19(28(14)20(29)12-24)11-16(10-15-2-4-17(25)5-3-15)21(27-23)22(30)26-18-6-8-31-9-7-18/h2-5,11,14,18H,6-10,12-13H2,1H3,(H,26,30). The first kappa shape index (κ1) is 22.5. The smallest absolute Gasteiger partial charge is 0.270 e. The Kier molecular flexibility index (Phi) is 6.91. The number of carbonyl (C=O) groups excluding carboxylic acids is 2. The molecule has 4 rings (SSSR count). The van der Waals surface area contributed by atoms with E-state index >= 15 is 0 Å². The molecular formula is C23H25ClFN3O4. The summed E-state index contributed by atoms with van der Waals surface area (Å²) >= 11 is 5.83. The topological polar surface area (TPSA) is 80.8 Å². The van der Waals surface area contributed by atoms with E-state index in [1.54, 1.807) is 23.1 Å². The second-order valence-electron chi connectivity index (χ2n) is 8.04. The highest BCUT2D eigenvalue weighted by atomic mass is 35.5. The van der Waals surface area contributed by atoms with Crippen LogP contribution in [-0.2, 0) is 16.0 Å². The Morgan fingerprint density at radius 3 is 2.66 bits per heavy atom. The maximum Gasteiger partial charge on any atom is 0.270 e. The predicted octanol–water partition coefficient (Wildman–Crippen LogP) is 3.07. The molecule has 2 aromatic rings. The van der Waals surface area contributed by atoms with Crippen molar-refractivity contribution < 1.29 is 23.5 Å². The Labute approximate surface area is 190 Å². The number of halogens is 2. The normalized spacial score (nSPS) is 18.6. The summed E-state index contributed by atoms with van der Waals surface area (Å²) in [6.07, 6.45) is 1.81. The van der Waals surface area contributed by atoms with Gasteiger partial charge in [-0.05, 0) is 55.5 Å². The van der Waals surface area contributed by atoms with Crippen molar-refractivity contribution >= 4 is 29.1 Å². The van der Waals surface area contributed by atoms with Gasteiger partial charge in [-0.15, -0.1) is 11.6 Å². The Morgan fingerprint density at radius 2 is 1.97 bits per heavy atom. The fourth-order valence-corrected chi connectivity index (χ4v) is 4.14. The number of fused-ring (bicyclic) bond motifs is 1. The van der Waals surface area contributed by atoms with Crippen LogP contribution >= 0.6 is 11.6 Å². The van der Waals surface area contributed by atoms with Crippen LogP contribution in [0.5, 0.6) is 5.88 Å². The molecule has 3 heterocycles. The molecule has 2 amide bonds. The van der Waals surface area contributed by atoms with Crippen LogP contribution in [0.15, 0.2) is 30.3 Å². The zero-order valence-electron chi connectivity index (χ0n) is 17.8. The van der Waals surface area contributed by atoms with Gasteiger partial charge in [-0.2, -0.15) is 0 Å². The van der Waals surface area contributed by atoms with Gasteiger partial charge in [-0.25, -0.2) is 9.37 Å². The number of hydrogen-bond donors (Lipinski definition) is 1. The molecule has 170 valence electrons. The first-order valence-electron chi connectivity index (χ1n) is 10.6. The predicted molar refractivity (Wildman–Crippen MR) is 118 cm³/mol. The van der Waals surface area contributed by atoms with Crippen LogP contribution in [0.1, 0.15) is 41.4 Å². The van der Waals surface area contributed by atoms with Crippen molar-refractivity contribution in [1.82, 2.24) is 10.3 Å². The van der Waals surface area contributed by atoms with Crippen molar-refractivity contribution in [3.05, 3.63) is 53.0 Å². The number of anilines is 1. The Balaban J connectivity index is 1.72. The summed E-state index contributed by atoms with van der Waals surface area (Å²) < 4.78 is 24.5. The number of nitrogens with zero attached hydrogens (tertiary/aromatic N) is 2. The molecule has 32 heavy (non-hydrogen) atoms. The molecule has 1 aromatic heterocycles. The molecule has 1 aromatic carbocycles. The van der Waals surface area contributed by atoms with Gasteiger partial charge in [0.1, 0.15) is 29.7 Å². The molecule has 1 fully saturated rings. The number of aromatic nitrogens is 1. The number of alkyl halides is 1. The van der Waals surface area contributed by atoms with Gasteiger partial charge in [0.2, 0.25) is 11.8 Å². The van der Waals surface area contributed by atoms with Gasteiger partial charge in [-0.3, -0.25) is 9.59 Å². The van der Waals surface area contributed by atoms with Crippen LogP contribution in [0.25, 0.3) is 0 Å². The molecular weight excluding hydrogens is 437 g/mol. The molecule has 2 aliphatic rings. The summed E-state index contributed by atoms with van der Waals surface area (Å²) in [7, 11) is 0. The first-order valence-corrected chi connectivity index (χ1v) is 11.2. The molecule has 0 spiro atoms. The van der Waals surface area contributed by atoms with Crippen LogP contribution < -0.4 is 15.0 Å². The van der Waals surface area contributed by atoms with Gasteiger partial charge in [-0.1, -0.05) is 12.1 Å². The number of amides is 2. The van der Waals surface area contributed by atoms with Gasteiger partial charge in [0.05, 0.1) is 6.04 Å². The van der Waals surface area contributed by atoms with E-state index in [-0.39, 0.29) is 53.8 Å². The number of hydrogen-bond acceptors (Lipinski definition) is 5. The van der Waals surface area contributed by atoms with E-state index in [4.69, 9.17) is 21.1 Å². The second-order valence-corrected chi connectivity index (χ2v) is 8.31. The van der Waals surface area contributed by atoms with Gasteiger partial charge in [0, 0.05) is 19.3 Å². The zero-order chi connectivity index (χ0) is 22.7. The lowest BCUT2D eigenvalue weighted by atomic mass is 10.0. The SMILES string of the molecule is CC1COc2nc(C(=O)NC3CCOCC3)c(Cc3ccc(F)cc3)cc2N1C(=O)CCl. The molecule has 1 saturated heterocycles. The number of ether oxygens (including phenoxy) is 2. The van der Waals surface area contributed by atoms with Crippen LogP contribution in [-0.4, -0.2) is 54.6 Å². The van der Waals surface area contributed by atoms with Crippen molar-refractivity contribution in [2.75, 3.05) is 30.6 Å². The number of nitrogens with one attached hydrogen (secondary N) is 1. The average molecular weight is 462 g/mol. The Bertz CT molecular complexity index is 995. The zero-order valence-corrected chi connectivity index (χ0v) is 18.5. The first-order chi connectivity index (χ1) is 15.5. The molecule has 0 aliphatic carbocycles. The number of pyridine rings is 1. The minimum absolute atomic E-state index is 0.00280. The van der Waals surface area contributed by atoms with Crippen LogP contribution in [0.4, 0.5) is 10.1 Å². The third-order valence-corrected chi connectivity index (χ3v) is 5.90. The Morgan fingerprint density at radius 1 is 1.25 bits per heavy atom. The van der Waals surface area contributed by atoms with E-state index in [0.717, 1.165) is 18.4 Å². The number of benzene rings is 1. The summed E-state index contributed by atoms with van der Waals surface area (Å²) in [6, 6.07) is 7.60. The van der Waals surface area contributed by atoms with E-state index in [9.17, 15) is 14.0 Å². The molecule has 0 bridgehead atoms. The maximum absolute atomic E-state index is 13.4.